The Morgan fingerprint density at radius 1 is 1.31 bits per heavy atom. The van der Waals surface area contributed by atoms with Crippen LogP contribution in [0.25, 0.3) is 0 Å². The molecule has 3 saturated carbocycles. The third-order valence-corrected chi connectivity index (χ3v) is 4.98. The van der Waals surface area contributed by atoms with Crippen molar-refractivity contribution in [2.24, 2.45) is 16.7 Å². The number of rotatable bonds is 3. The first-order chi connectivity index (χ1) is 7.71. The molecule has 2 bridgehead atoms. The lowest BCUT2D eigenvalue weighted by atomic mass is 9.31. The molecule has 0 aromatic rings. The molecule has 0 radical (unpaired) electrons. The SMILES string of the molecule is CCOC(=O)C12CC(C3CCNCC3)(C1)C2. The normalized spacial score (nSPS) is 42.1. The first-order valence-electron chi connectivity index (χ1n) is 6.59. The van der Waals surface area contributed by atoms with E-state index in [1.54, 1.807) is 0 Å². The summed E-state index contributed by atoms with van der Waals surface area (Å²) in [6.45, 7) is 4.75. The van der Waals surface area contributed by atoms with Crippen molar-refractivity contribution < 1.29 is 9.53 Å². The van der Waals surface area contributed by atoms with Crippen molar-refractivity contribution in [3.05, 3.63) is 0 Å². The second kappa shape index (κ2) is 3.46. The predicted molar refractivity (Wildman–Crippen MR) is 60.9 cm³/mol. The standard InChI is InChI=1S/C13H21NO2/c1-2-16-11(15)13-7-12(8-13,9-13)10-3-5-14-6-4-10/h10,14H,2-9H2,1H3. The quantitative estimate of drug-likeness (QED) is 0.740. The molecule has 0 aromatic carbocycles. The van der Waals surface area contributed by atoms with Gasteiger partial charge in [-0.05, 0) is 63.5 Å². The molecule has 4 aliphatic rings. The average Bonchev–Trinajstić information content (AvgIpc) is 2.15. The maximum absolute atomic E-state index is 11.8. The number of hydrogen-bond acceptors (Lipinski definition) is 3. The number of hydrogen-bond donors (Lipinski definition) is 1. The minimum Gasteiger partial charge on any atom is -0.466 e. The van der Waals surface area contributed by atoms with E-state index in [1.165, 1.54) is 25.9 Å². The largest absolute Gasteiger partial charge is 0.466 e. The smallest absolute Gasteiger partial charge is 0.312 e. The van der Waals surface area contributed by atoms with Crippen LogP contribution in [0.1, 0.15) is 39.0 Å². The van der Waals surface area contributed by atoms with E-state index in [9.17, 15) is 4.79 Å². The van der Waals surface area contributed by atoms with Crippen LogP contribution in [0.4, 0.5) is 0 Å². The van der Waals surface area contributed by atoms with Crippen molar-refractivity contribution in [2.75, 3.05) is 19.7 Å². The molecule has 1 N–H and O–H groups in total. The first-order valence-corrected chi connectivity index (χ1v) is 6.59. The Bertz CT molecular complexity index is 287. The van der Waals surface area contributed by atoms with E-state index in [0.29, 0.717) is 12.0 Å². The molecule has 0 unspecified atom stereocenters. The van der Waals surface area contributed by atoms with Gasteiger partial charge < -0.3 is 10.1 Å². The van der Waals surface area contributed by atoms with Crippen LogP contribution in [0.3, 0.4) is 0 Å². The summed E-state index contributed by atoms with van der Waals surface area (Å²) in [5.74, 6) is 0.941. The molecule has 1 aliphatic heterocycles. The van der Waals surface area contributed by atoms with Gasteiger partial charge in [-0.1, -0.05) is 0 Å². The zero-order valence-electron chi connectivity index (χ0n) is 10.1. The number of esters is 1. The summed E-state index contributed by atoms with van der Waals surface area (Å²) in [5.41, 5.74) is 0.496. The molecule has 16 heavy (non-hydrogen) atoms. The lowest BCUT2D eigenvalue weighted by Gasteiger charge is -2.72. The molecule has 4 rings (SSSR count). The van der Waals surface area contributed by atoms with E-state index < -0.39 is 0 Å². The third kappa shape index (κ3) is 1.27. The van der Waals surface area contributed by atoms with Crippen LogP contribution < -0.4 is 5.32 Å². The maximum Gasteiger partial charge on any atom is 0.312 e. The van der Waals surface area contributed by atoms with E-state index >= 15 is 0 Å². The second-order valence-corrected chi connectivity index (χ2v) is 5.92. The Hall–Kier alpha value is -0.570. The zero-order valence-corrected chi connectivity index (χ0v) is 10.1. The van der Waals surface area contributed by atoms with Gasteiger partial charge in [0.15, 0.2) is 0 Å². The fraction of sp³-hybridized carbons (Fsp3) is 0.923. The van der Waals surface area contributed by atoms with Gasteiger partial charge >= 0.3 is 5.97 Å². The van der Waals surface area contributed by atoms with Crippen LogP contribution in [0.5, 0.6) is 0 Å². The molecule has 90 valence electrons. The average molecular weight is 223 g/mol. The van der Waals surface area contributed by atoms with E-state index in [1.807, 2.05) is 6.92 Å². The Kier molecular flexibility index (Phi) is 2.29. The fourth-order valence-electron chi connectivity index (χ4n) is 4.23. The lowest BCUT2D eigenvalue weighted by Crippen LogP contribution is -2.69. The molecular formula is C13H21NO2. The molecule has 4 fully saturated rings. The maximum atomic E-state index is 11.8. The highest BCUT2D eigenvalue weighted by atomic mass is 16.5. The van der Waals surface area contributed by atoms with Crippen LogP contribution in [0.2, 0.25) is 0 Å². The number of carbonyl (C=O) groups excluding carboxylic acids is 1. The molecule has 1 heterocycles. The van der Waals surface area contributed by atoms with Gasteiger partial charge in [0.1, 0.15) is 0 Å². The summed E-state index contributed by atoms with van der Waals surface area (Å²) in [6, 6.07) is 0. The van der Waals surface area contributed by atoms with Gasteiger partial charge in [0, 0.05) is 0 Å². The van der Waals surface area contributed by atoms with Crippen molar-refractivity contribution in [3.8, 4) is 0 Å². The van der Waals surface area contributed by atoms with Gasteiger partial charge in [-0.2, -0.15) is 0 Å². The Balaban J connectivity index is 1.58. The van der Waals surface area contributed by atoms with Crippen LogP contribution in [0, 0.1) is 16.7 Å². The first kappa shape index (κ1) is 10.6. The summed E-state index contributed by atoms with van der Waals surface area (Å²) in [7, 11) is 0. The minimum absolute atomic E-state index is 0.0408. The van der Waals surface area contributed by atoms with Gasteiger partial charge in [-0.15, -0.1) is 0 Å². The molecule has 0 amide bonds. The number of ether oxygens (including phenoxy) is 1. The molecular weight excluding hydrogens is 202 g/mol. The van der Waals surface area contributed by atoms with Gasteiger partial charge in [0.2, 0.25) is 0 Å². The monoisotopic (exact) mass is 223 g/mol. The Morgan fingerprint density at radius 2 is 1.94 bits per heavy atom. The highest BCUT2D eigenvalue weighted by molar-refractivity contribution is 5.81. The van der Waals surface area contributed by atoms with Crippen molar-refractivity contribution >= 4 is 5.97 Å². The summed E-state index contributed by atoms with van der Waals surface area (Å²) in [4.78, 5) is 11.8. The van der Waals surface area contributed by atoms with Crippen molar-refractivity contribution in [2.45, 2.75) is 39.0 Å². The minimum atomic E-state index is -0.0408. The molecule has 1 saturated heterocycles. The van der Waals surface area contributed by atoms with E-state index in [-0.39, 0.29) is 11.4 Å². The van der Waals surface area contributed by atoms with Crippen LogP contribution >= 0.6 is 0 Å². The van der Waals surface area contributed by atoms with Crippen LogP contribution in [-0.2, 0) is 9.53 Å². The third-order valence-electron chi connectivity index (χ3n) is 4.98. The van der Waals surface area contributed by atoms with Gasteiger partial charge in [-0.25, -0.2) is 0 Å². The molecule has 3 nitrogen and oxygen atoms in total. The topological polar surface area (TPSA) is 38.3 Å². The summed E-state index contributed by atoms with van der Waals surface area (Å²) in [6.07, 6.45) is 5.95. The fourth-order valence-corrected chi connectivity index (χ4v) is 4.23. The Morgan fingerprint density at radius 3 is 2.50 bits per heavy atom. The summed E-state index contributed by atoms with van der Waals surface area (Å²) in [5, 5.41) is 3.41. The number of carbonyl (C=O) groups is 1. The number of piperidine rings is 1. The summed E-state index contributed by atoms with van der Waals surface area (Å²) >= 11 is 0. The molecule has 0 spiro atoms. The lowest BCUT2D eigenvalue weighted by molar-refractivity contribution is -0.249. The summed E-state index contributed by atoms with van der Waals surface area (Å²) < 4.78 is 5.17. The van der Waals surface area contributed by atoms with Crippen LogP contribution in [-0.4, -0.2) is 25.7 Å². The molecule has 0 aromatic heterocycles. The van der Waals surface area contributed by atoms with Crippen LogP contribution in [0.15, 0.2) is 0 Å². The van der Waals surface area contributed by atoms with Gasteiger partial charge in [0.25, 0.3) is 0 Å². The van der Waals surface area contributed by atoms with Gasteiger partial charge in [-0.3, -0.25) is 4.79 Å². The number of nitrogens with one attached hydrogen (secondary N) is 1. The van der Waals surface area contributed by atoms with Gasteiger partial charge in [0.05, 0.1) is 12.0 Å². The highest BCUT2D eigenvalue weighted by Gasteiger charge is 2.73. The van der Waals surface area contributed by atoms with Crippen molar-refractivity contribution in [1.82, 2.24) is 5.32 Å². The molecule has 3 aliphatic carbocycles. The second-order valence-electron chi connectivity index (χ2n) is 5.92. The Labute approximate surface area is 96.9 Å². The highest BCUT2D eigenvalue weighted by Crippen LogP contribution is 2.77. The van der Waals surface area contributed by atoms with Crippen molar-refractivity contribution in [3.63, 3.8) is 0 Å². The molecule has 3 heteroatoms. The van der Waals surface area contributed by atoms with Crippen molar-refractivity contribution in [1.29, 1.82) is 0 Å². The van der Waals surface area contributed by atoms with E-state index in [4.69, 9.17) is 4.74 Å². The predicted octanol–water partition coefficient (Wildman–Crippen LogP) is 1.72. The molecule has 0 atom stereocenters. The zero-order chi connectivity index (χ0) is 11.2. The van der Waals surface area contributed by atoms with E-state index in [2.05, 4.69) is 5.32 Å². The van der Waals surface area contributed by atoms with E-state index in [0.717, 1.165) is 25.2 Å².